The van der Waals surface area contributed by atoms with Crippen LogP contribution in [-0.4, -0.2) is 11.7 Å². The van der Waals surface area contributed by atoms with Crippen molar-refractivity contribution in [2.45, 2.75) is 13.3 Å². The molecule has 0 aromatic rings. The standard InChI is InChI=1S/C5H16N6/c1-2-3-10-4(6)5(7)11(8)9/h10H,2-3,6-9H2,1H3/b5-4+. The third kappa shape index (κ3) is 3.54. The lowest BCUT2D eigenvalue weighted by atomic mass is 10.5. The Morgan fingerprint density at radius 3 is 2.27 bits per heavy atom. The van der Waals surface area contributed by atoms with Gasteiger partial charge in [0.1, 0.15) is 5.82 Å². The molecule has 66 valence electrons. The minimum atomic E-state index is 0.137. The van der Waals surface area contributed by atoms with E-state index in [9.17, 15) is 0 Å². The van der Waals surface area contributed by atoms with Crippen LogP contribution in [0.2, 0.25) is 0 Å². The fourth-order valence-corrected chi connectivity index (χ4v) is 0.489. The minimum Gasteiger partial charge on any atom is -0.382 e. The molecule has 6 nitrogen and oxygen atoms in total. The highest BCUT2D eigenvalue weighted by Crippen LogP contribution is 1.85. The highest BCUT2D eigenvalue weighted by molar-refractivity contribution is 5.01. The molecule has 0 fully saturated rings. The lowest BCUT2D eigenvalue weighted by molar-refractivity contribution is 0.362. The maximum absolute atomic E-state index is 5.45. The Morgan fingerprint density at radius 2 is 1.91 bits per heavy atom. The van der Waals surface area contributed by atoms with Gasteiger partial charge in [0.15, 0.2) is 5.82 Å². The molecule has 0 heterocycles. The first-order valence-corrected chi connectivity index (χ1v) is 3.38. The Hall–Kier alpha value is -1.14. The van der Waals surface area contributed by atoms with Gasteiger partial charge < -0.3 is 16.8 Å². The van der Waals surface area contributed by atoms with Gasteiger partial charge in [-0.3, -0.25) is 0 Å². The monoisotopic (exact) mass is 160 g/mol. The fraction of sp³-hybridized carbons (Fsp3) is 0.600. The molecule has 9 N–H and O–H groups in total. The minimum absolute atomic E-state index is 0.137. The fourth-order valence-electron chi connectivity index (χ4n) is 0.489. The normalized spacial score (nSPS) is 12.3. The summed E-state index contributed by atoms with van der Waals surface area (Å²) in [5.74, 6) is 10.7. The van der Waals surface area contributed by atoms with Gasteiger partial charge in [-0.25, -0.2) is 16.8 Å². The van der Waals surface area contributed by atoms with Gasteiger partial charge in [0, 0.05) is 6.54 Å². The zero-order valence-electron chi connectivity index (χ0n) is 6.67. The molecule has 0 aromatic carbocycles. The van der Waals surface area contributed by atoms with Gasteiger partial charge in [-0.2, -0.15) is 0 Å². The number of hydrogen-bond acceptors (Lipinski definition) is 6. The van der Waals surface area contributed by atoms with E-state index >= 15 is 0 Å². The van der Waals surface area contributed by atoms with Crippen LogP contribution in [0.15, 0.2) is 11.6 Å². The van der Waals surface area contributed by atoms with Crippen molar-refractivity contribution in [3.63, 3.8) is 0 Å². The topological polar surface area (TPSA) is 119 Å². The van der Waals surface area contributed by atoms with Crippen molar-refractivity contribution in [3.8, 4) is 0 Å². The first kappa shape index (κ1) is 9.86. The van der Waals surface area contributed by atoms with Gasteiger partial charge in [0.25, 0.3) is 0 Å². The van der Waals surface area contributed by atoms with Crippen LogP contribution in [0.5, 0.6) is 0 Å². The van der Waals surface area contributed by atoms with Crippen molar-refractivity contribution in [3.05, 3.63) is 11.6 Å². The van der Waals surface area contributed by atoms with Crippen LogP contribution in [0.3, 0.4) is 0 Å². The summed E-state index contributed by atoms with van der Waals surface area (Å²) in [6.07, 6.45) is 0.961. The van der Waals surface area contributed by atoms with Crippen LogP contribution in [0.4, 0.5) is 0 Å². The summed E-state index contributed by atoms with van der Waals surface area (Å²) in [6.45, 7) is 2.76. The van der Waals surface area contributed by atoms with Gasteiger partial charge in [0.05, 0.1) is 0 Å². The summed E-state index contributed by atoms with van der Waals surface area (Å²) in [4.78, 5) is 0. The zero-order chi connectivity index (χ0) is 8.85. The molecule has 0 unspecified atom stereocenters. The van der Waals surface area contributed by atoms with E-state index < -0.39 is 0 Å². The predicted molar refractivity (Wildman–Crippen MR) is 43.9 cm³/mol. The van der Waals surface area contributed by atoms with Gasteiger partial charge in [0.2, 0.25) is 0 Å². The highest BCUT2D eigenvalue weighted by atomic mass is 15.6. The predicted octanol–water partition coefficient (Wildman–Crippen LogP) is -1.92. The lowest BCUT2D eigenvalue weighted by Crippen LogP contribution is -2.44. The van der Waals surface area contributed by atoms with E-state index in [-0.39, 0.29) is 5.82 Å². The number of rotatable bonds is 4. The number of hydrogen-bond donors (Lipinski definition) is 5. The first-order chi connectivity index (χ1) is 5.09. The number of nitrogens with two attached hydrogens (primary N) is 4. The van der Waals surface area contributed by atoms with Crippen molar-refractivity contribution in [1.29, 1.82) is 0 Å². The van der Waals surface area contributed by atoms with Crippen molar-refractivity contribution in [2.24, 2.45) is 23.2 Å². The second-order valence-corrected chi connectivity index (χ2v) is 2.13. The van der Waals surface area contributed by atoms with Gasteiger partial charge in [-0.05, 0) is 6.42 Å². The van der Waals surface area contributed by atoms with E-state index in [2.05, 4.69) is 5.32 Å². The van der Waals surface area contributed by atoms with Crippen LogP contribution in [0.25, 0.3) is 0 Å². The van der Waals surface area contributed by atoms with Gasteiger partial charge in [-0.15, -0.1) is 0 Å². The zero-order valence-corrected chi connectivity index (χ0v) is 6.67. The average Bonchev–Trinajstić information content (AvgIpc) is 1.98. The molecule has 0 bridgehead atoms. The van der Waals surface area contributed by atoms with Crippen LogP contribution >= 0.6 is 0 Å². The van der Waals surface area contributed by atoms with Crippen molar-refractivity contribution in [2.75, 3.05) is 6.54 Å². The second kappa shape index (κ2) is 4.64. The highest BCUT2D eigenvalue weighted by Gasteiger charge is 1.99. The Labute approximate surface area is 66.1 Å². The molecule has 0 aromatic heterocycles. The smallest absolute Gasteiger partial charge is 0.170 e. The van der Waals surface area contributed by atoms with Crippen LogP contribution < -0.4 is 28.5 Å². The molecule has 0 aliphatic heterocycles. The summed E-state index contributed by atoms with van der Waals surface area (Å²) >= 11 is 0. The van der Waals surface area contributed by atoms with Crippen molar-refractivity contribution < 1.29 is 0 Å². The van der Waals surface area contributed by atoms with Crippen LogP contribution in [-0.2, 0) is 0 Å². The molecule has 0 spiro atoms. The average molecular weight is 160 g/mol. The Kier molecular flexibility index (Phi) is 4.16. The Bertz CT molecular complexity index is 140. The maximum atomic E-state index is 5.45. The van der Waals surface area contributed by atoms with Crippen LogP contribution in [0.1, 0.15) is 13.3 Å². The van der Waals surface area contributed by atoms with Crippen LogP contribution in [0, 0.1) is 0 Å². The van der Waals surface area contributed by atoms with E-state index in [0.717, 1.165) is 18.1 Å². The molecule has 0 aliphatic rings. The molecule has 6 heteroatoms. The molecule has 0 saturated heterocycles. The van der Waals surface area contributed by atoms with Gasteiger partial charge in [-0.1, -0.05) is 6.92 Å². The molecule has 0 atom stereocenters. The molecule has 0 rings (SSSR count). The largest absolute Gasteiger partial charge is 0.382 e. The van der Waals surface area contributed by atoms with E-state index in [1.165, 1.54) is 0 Å². The quantitative estimate of drug-likeness (QED) is 0.241. The van der Waals surface area contributed by atoms with Crippen molar-refractivity contribution in [1.82, 2.24) is 10.4 Å². The maximum Gasteiger partial charge on any atom is 0.170 e. The number of hydrazine groups is 2. The Balaban J connectivity index is 3.94. The second-order valence-electron chi connectivity index (χ2n) is 2.13. The molecular weight excluding hydrogens is 144 g/mol. The SMILES string of the molecule is CCCN/C(N)=C(\N)N(N)N. The lowest BCUT2D eigenvalue weighted by Gasteiger charge is -2.14. The number of nitrogens with one attached hydrogen (secondary N) is 1. The van der Waals surface area contributed by atoms with Crippen molar-refractivity contribution >= 4 is 0 Å². The summed E-state index contributed by atoms with van der Waals surface area (Å²) in [7, 11) is 0. The molecule has 0 saturated carbocycles. The van der Waals surface area contributed by atoms with E-state index in [1.54, 1.807) is 0 Å². The molecule has 11 heavy (non-hydrogen) atoms. The van der Waals surface area contributed by atoms with Gasteiger partial charge >= 0.3 is 0 Å². The Morgan fingerprint density at radius 1 is 1.36 bits per heavy atom. The van der Waals surface area contributed by atoms with E-state index in [0.29, 0.717) is 5.82 Å². The summed E-state index contributed by atoms with van der Waals surface area (Å²) in [6, 6.07) is 0. The van der Waals surface area contributed by atoms with E-state index in [4.69, 9.17) is 23.2 Å². The summed E-state index contributed by atoms with van der Waals surface area (Å²) in [5.41, 5.74) is 10.8. The number of nitrogens with zero attached hydrogens (tertiary/aromatic N) is 1. The third-order valence-corrected chi connectivity index (χ3v) is 1.12. The third-order valence-electron chi connectivity index (χ3n) is 1.12. The molecular formula is C5H16N6. The summed E-state index contributed by atoms with van der Waals surface area (Å²) < 4.78 is 0. The van der Waals surface area contributed by atoms with E-state index in [1.807, 2.05) is 6.92 Å². The molecule has 0 amide bonds. The first-order valence-electron chi connectivity index (χ1n) is 3.38. The molecule has 0 radical (unpaired) electrons. The summed E-state index contributed by atoms with van der Waals surface area (Å²) in [5, 5.41) is 3.62. The molecule has 0 aliphatic carbocycles.